The van der Waals surface area contributed by atoms with E-state index in [9.17, 15) is 9.59 Å². The molecule has 0 amide bonds. The second-order valence-corrected chi connectivity index (χ2v) is 4.05. The lowest BCUT2D eigenvalue weighted by molar-refractivity contribution is -0.156. The Morgan fingerprint density at radius 3 is 2.57 bits per heavy atom. The van der Waals surface area contributed by atoms with Gasteiger partial charge in [-0.05, 0) is 27.2 Å². The van der Waals surface area contributed by atoms with Gasteiger partial charge in [0, 0.05) is 6.42 Å². The number of hydrogen-bond donors (Lipinski definition) is 2. The fourth-order valence-corrected chi connectivity index (χ4v) is 0.769. The van der Waals surface area contributed by atoms with Crippen LogP contribution in [0.15, 0.2) is 0 Å². The number of hydrogen-bond acceptors (Lipinski definition) is 5. The Morgan fingerprint density at radius 2 is 2.14 bits per heavy atom. The van der Waals surface area contributed by atoms with Crippen molar-refractivity contribution < 1.29 is 19.4 Å². The number of carboxylic acid groups (broad SMARTS) is 1. The summed E-state index contributed by atoms with van der Waals surface area (Å²) in [4.78, 5) is 21.9. The minimum atomic E-state index is -0.858. The van der Waals surface area contributed by atoms with E-state index in [4.69, 9.17) is 11.9 Å². The first-order valence-electron chi connectivity index (χ1n) is 4.81. The van der Waals surface area contributed by atoms with Gasteiger partial charge in [0.2, 0.25) is 0 Å². The van der Waals surface area contributed by atoms with Gasteiger partial charge < -0.3 is 15.6 Å². The van der Waals surface area contributed by atoms with Crippen LogP contribution in [0, 0.1) is 0 Å². The quantitative estimate of drug-likeness (QED) is 0.651. The second kappa shape index (κ2) is 4.95. The molecule has 0 aliphatic carbocycles. The average molecular weight is 204 g/mol. The molecule has 0 saturated carbocycles. The van der Waals surface area contributed by atoms with Crippen LogP contribution in [0.2, 0.25) is 0 Å². The summed E-state index contributed by atoms with van der Waals surface area (Å²) in [6, 6.07) is -0.858. The molecule has 82 valence electrons. The number of carboxylic acids is 1. The number of esters is 1. The number of ether oxygens (including phenoxy) is 1. The Labute approximate surface area is 84.7 Å². The molecule has 5 nitrogen and oxygen atoms in total. The highest BCUT2D eigenvalue weighted by Gasteiger charge is 2.22. The van der Waals surface area contributed by atoms with Crippen molar-refractivity contribution in [2.75, 3.05) is 0 Å². The van der Waals surface area contributed by atoms with Crippen LogP contribution in [-0.4, -0.2) is 28.7 Å². The van der Waals surface area contributed by atoms with E-state index in [0.717, 1.165) is 0 Å². The first kappa shape index (κ1) is 11.0. The highest BCUT2D eigenvalue weighted by molar-refractivity contribution is 5.77. The van der Waals surface area contributed by atoms with Crippen molar-refractivity contribution in [3.8, 4) is 0 Å². The lowest BCUT2D eigenvalue weighted by Gasteiger charge is -2.21. The SMILES string of the molecule is [2H]OC(=O)CC[C@H](N)C(=O)OC(C)(C)C. The molecule has 0 rings (SSSR count). The molecule has 0 aliphatic heterocycles. The van der Waals surface area contributed by atoms with Gasteiger partial charge in [0.25, 0.3) is 1.43 Å². The van der Waals surface area contributed by atoms with Crippen molar-refractivity contribution in [1.82, 2.24) is 0 Å². The summed E-state index contributed by atoms with van der Waals surface area (Å²) in [6.45, 7) is 5.20. The minimum absolute atomic E-state index is 0.0656. The standard InChI is InChI=1S/C9H17NO4/c1-9(2,3)14-8(13)6(10)4-5-7(11)12/h6H,4-5,10H2,1-3H3,(H,11,12)/t6-/m0/s1/i/hD. The molecule has 14 heavy (non-hydrogen) atoms. The smallest absolute Gasteiger partial charge is 0.323 e. The molecule has 0 spiro atoms. The van der Waals surface area contributed by atoms with Crippen LogP contribution in [-0.2, 0) is 14.3 Å². The molecular weight excluding hydrogens is 186 g/mol. The molecule has 0 bridgehead atoms. The Kier molecular flexibility index (Phi) is 3.88. The van der Waals surface area contributed by atoms with Gasteiger partial charge in [0.05, 0.1) is 0 Å². The molecule has 0 unspecified atom stereocenters. The maximum absolute atomic E-state index is 11.3. The molecule has 0 saturated heterocycles. The number of aliphatic carboxylic acids is 1. The van der Waals surface area contributed by atoms with E-state index in [0.29, 0.717) is 0 Å². The lowest BCUT2D eigenvalue weighted by Crippen LogP contribution is -2.37. The maximum atomic E-state index is 11.3. The molecular formula is C9H17NO4. The summed E-state index contributed by atoms with van der Waals surface area (Å²) < 4.78 is 11.3. The molecule has 3 N–H and O–H groups in total. The van der Waals surface area contributed by atoms with Crippen LogP contribution in [0.5, 0.6) is 0 Å². The van der Waals surface area contributed by atoms with Gasteiger partial charge in [-0.2, -0.15) is 0 Å². The third-order valence-corrected chi connectivity index (χ3v) is 1.37. The maximum Gasteiger partial charge on any atom is 0.323 e. The van der Waals surface area contributed by atoms with E-state index in [1.54, 1.807) is 20.8 Å². The van der Waals surface area contributed by atoms with Gasteiger partial charge in [0.15, 0.2) is 0 Å². The molecule has 0 aromatic rings. The van der Waals surface area contributed by atoms with E-state index in [-0.39, 0.29) is 12.8 Å². The highest BCUT2D eigenvalue weighted by Crippen LogP contribution is 2.09. The number of nitrogens with two attached hydrogens (primary N) is 1. The second-order valence-electron chi connectivity index (χ2n) is 4.05. The first-order valence-corrected chi connectivity index (χ1v) is 4.40. The van der Waals surface area contributed by atoms with E-state index >= 15 is 0 Å². The molecule has 5 heteroatoms. The molecule has 0 aromatic carbocycles. The zero-order valence-corrected chi connectivity index (χ0v) is 8.70. The Hall–Kier alpha value is -1.10. The number of rotatable bonds is 4. The van der Waals surface area contributed by atoms with Gasteiger partial charge in [-0.25, -0.2) is 0 Å². The third kappa shape index (κ3) is 6.42. The fourth-order valence-electron chi connectivity index (χ4n) is 0.769. The van der Waals surface area contributed by atoms with Gasteiger partial charge in [0.1, 0.15) is 11.6 Å². The minimum Gasteiger partial charge on any atom is -0.481 e. The Morgan fingerprint density at radius 1 is 1.57 bits per heavy atom. The van der Waals surface area contributed by atoms with Gasteiger partial charge in [-0.1, -0.05) is 0 Å². The molecule has 1 atom stereocenters. The highest BCUT2D eigenvalue weighted by atomic mass is 16.6. The van der Waals surface area contributed by atoms with E-state index < -0.39 is 23.6 Å². The molecule has 0 fully saturated rings. The topological polar surface area (TPSA) is 89.6 Å². The van der Waals surface area contributed by atoms with Gasteiger partial charge in [-0.15, -0.1) is 0 Å². The Bertz CT molecular complexity index is 237. The van der Waals surface area contributed by atoms with Crippen molar-refractivity contribution >= 4 is 11.9 Å². The zero-order valence-electron chi connectivity index (χ0n) is 9.70. The average Bonchev–Trinajstić information content (AvgIpc) is 2.10. The molecule has 0 aliphatic rings. The summed E-state index contributed by atoms with van der Waals surface area (Å²) >= 11 is 0. The Balaban J connectivity index is 3.95. The van der Waals surface area contributed by atoms with Crippen molar-refractivity contribution in [1.29, 1.82) is 1.43 Å². The van der Waals surface area contributed by atoms with Crippen molar-refractivity contribution in [3.63, 3.8) is 0 Å². The van der Waals surface area contributed by atoms with Crippen molar-refractivity contribution in [2.24, 2.45) is 5.73 Å². The molecule has 0 radical (unpaired) electrons. The van der Waals surface area contributed by atoms with Crippen LogP contribution in [0.25, 0.3) is 1.43 Å². The van der Waals surface area contributed by atoms with Crippen LogP contribution in [0.4, 0.5) is 0 Å². The van der Waals surface area contributed by atoms with Crippen molar-refractivity contribution in [3.05, 3.63) is 0 Å². The van der Waals surface area contributed by atoms with Gasteiger partial charge >= 0.3 is 11.9 Å². The van der Waals surface area contributed by atoms with E-state index in [1.165, 1.54) is 0 Å². The summed E-state index contributed by atoms with van der Waals surface area (Å²) in [7, 11) is 0. The number of carbonyl (C=O) groups is 2. The van der Waals surface area contributed by atoms with Crippen LogP contribution in [0.1, 0.15) is 33.6 Å². The normalized spacial score (nSPS) is 14.1. The van der Waals surface area contributed by atoms with Crippen LogP contribution < -0.4 is 5.73 Å². The predicted octanol–water partition coefficient (Wildman–Crippen LogP) is 0.520. The van der Waals surface area contributed by atoms with E-state index in [1.807, 2.05) is 0 Å². The first-order chi connectivity index (χ1) is 6.76. The van der Waals surface area contributed by atoms with Crippen molar-refractivity contribution in [2.45, 2.75) is 45.3 Å². The lowest BCUT2D eigenvalue weighted by atomic mass is 10.1. The molecule has 0 aromatic heterocycles. The molecule has 0 heterocycles. The fraction of sp³-hybridized carbons (Fsp3) is 0.778. The van der Waals surface area contributed by atoms with Gasteiger partial charge in [-0.3, -0.25) is 9.59 Å². The zero-order chi connectivity index (χ0) is 12.1. The summed E-state index contributed by atoms with van der Waals surface area (Å²) in [6.07, 6.45) is 0.0521. The largest absolute Gasteiger partial charge is 0.481 e. The summed E-state index contributed by atoms with van der Waals surface area (Å²) in [5, 5.41) is 3.68. The summed E-state index contributed by atoms with van der Waals surface area (Å²) in [5.41, 5.74) is 4.89. The van der Waals surface area contributed by atoms with Crippen LogP contribution in [0.3, 0.4) is 0 Å². The van der Waals surface area contributed by atoms with E-state index in [2.05, 4.69) is 5.11 Å². The monoisotopic (exact) mass is 204 g/mol. The number of carbonyl (C=O) groups excluding carboxylic acids is 1. The summed E-state index contributed by atoms with van der Waals surface area (Å²) in [5.74, 6) is -1.27. The predicted molar refractivity (Wildman–Crippen MR) is 50.7 cm³/mol. The van der Waals surface area contributed by atoms with Crippen LogP contribution >= 0.6 is 0 Å². The third-order valence-electron chi connectivity index (χ3n) is 1.37.